The van der Waals surface area contributed by atoms with Gasteiger partial charge in [0.2, 0.25) is 0 Å². The summed E-state index contributed by atoms with van der Waals surface area (Å²) in [4.78, 5) is 0. The van der Waals surface area contributed by atoms with E-state index < -0.39 is 0 Å². The van der Waals surface area contributed by atoms with Gasteiger partial charge in [0.05, 0.1) is 32.3 Å². The van der Waals surface area contributed by atoms with Crippen LogP contribution in [0.1, 0.15) is 89.6 Å². The highest BCUT2D eigenvalue weighted by Gasteiger charge is 2.32. The third-order valence-electron chi connectivity index (χ3n) is 19.0. The number of para-hydroxylation sites is 3. The average Bonchev–Trinajstić information content (AvgIpc) is 1.56. The van der Waals surface area contributed by atoms with Crippen molar-refractivity contribution in [2.75, 3.05) is 0 Å². The van der Waals surface area contributed by atoms with Crippen LogP contribution in [-0.4, -0.2) is 13.7 Å². The molecule has 0 saturated carbocycles. The molecular weight excluding hydrogens is 1150 g/mol. The number of hydrogen-bond donors (Lipinski definition) is 0. The maximum absolute atomic E-state index is 6.50. The van der Waals surface area contributed by atoms with E-state index in [1.807, 2.05) is 30.3 Å². The summed E-state index contributed by atoms with van der Waals surface area (Å²) in [5.74, 6) is 4.14. The molecule has 6 heterocycles. The fourth-order valence-electron chi connectivity index (χ4n) is 14.5. The van der Waals surface area contributed by atoms with Crippen LogP contribution in [0.15, 0.2) is 238 Å². The number of aromatic nitrogens is 6. The number of imidazole rings is 3. The lowest BCUT2D eigenvalue weighted by atomic mass is 9.89. The first-order valence-electron chi connectivity index (χ1n) is 32.8. The number of benzene rings is 10. The first-order valence-corrected chi connectivity index (χ1v) is 32.8. The van der Waals surface area contributed by atoms with Crippen molar-refractivity contribution in [2.45, 2.75) is 88.0 Å². The van der Waals surface area contributed by atoms with E-state index in [4.69, 9.17) is 13.3 Å². The second-order valence-electron chi connectivity index (χ2n) is 26.1. The molecule has 0 aliphatic carbocycles. The molecule has 0 N–H and O–H groups in total. The van der Waals surface area contributed by atoms with Gasteiger partial charge in [-0.25, -0.2) is 13.7 Å². The van der Waals surface area contributed by atoms with Crippen LogP contribution in [0.4, 0.5) is 0 Å². The fraction of sp³-hybridized carbons (Fsp3) is 0.188. The Kier molecular flexibility index (Phi) is 15.8. The zero-order valence-electron chi connectivity index (χ0n) is 56.4. The van der Waals surface area contributed by atoms with Crippen molar-refractivity contribution in [3.8, 4) is 62.4 Å². The molecule has 0 aliphatic rings. The maximum Gasteiger partial charge on any atom is 0.297 e. The van der Waals surface area contributed by atoms with E-state index in [9.17, 15) is 0 Å². The molecule has 0 spiro atoms. The lowest BCUT2D eigenvalue weighted by Crippen LogP contribution is -2.29. The molecule has 0 fully saturated rings. The first-order chi connectivity index (χ1) is 45.5. The largest absolute Gasteiger partial charge is 0.456 e. The van der Waals surface area contributed by atoms with Gasteiger partial charge in [0.15, 0.2) is 5.58 Å². The van der Waals surface area contributed by atoms with Crippen LogP contribution < -0.4 is 13.7 Å². The van der Waals surface area contributed by atoms with E-state index in [2.05, 4.69) is 320 Å². The number of nitrogens with zero attached hydrogens (tertiary/aromatic N) is 6. The molecule has 10 aromatic carbocycles. The normalized spacial score (nSPS) is 11.7. The SMILES string of the molecule is Cc1cc(-c2ccccc2)cc(C)c1-n1cc[n+](C)c1-c1c(C)ccc2c1oc1ccccc12.Cc1ccccc1-c1n(-c2c(C(C)C)cc3c(oc4ccccc43)c2C(C)C)cc[n+]1C.Cc1ccccc1-c1n(-c2c(C)cc3c(oc4ccccc43)c2C)cc[n+]1C. The molecule has 0 radical (unpaired) electrons. The minimum Gasteiger partial charge on any atom is -0.456 e. The van der Waals surface area contributed by atoms with E-state index in [0.717, 1.165) is 61.2 Å². The second-order valence-corrected chi connectivity index (χ2v) is 26.1. The molecule has 0 atom stereocenters. The molecule has 0 amide bonds. The highest BCUT2D eigenvalue weighted by atomic mass is 16.3. The molecule has 16 rings (SSSR count). The molecule has 0 unspecified atom stereocenters. The highest BCUT2D eigenvalue weighted by molar-refractivity contribution is 6.10. The van der Waals surface area contributed by atoms with Crippen molar-refractivity contribution in [3.05, 3.63) is 275 Å². The first kappa shape index (κ1) is 60.8. The summed E-state index contributed by atoms with van der Waals surface area (Å²) in [7, 11) is 6.33. The Hall–Kier alpha value is -10.8. The lowest BCUT2D eigenvalue weighted by Gasteiger charge is -2.19. The smallest absolute Gasteiger partial charge is 0.297 e. The molecular formula is C85H81N6O3+3. The highest BCUT2D eigenvalue weighted by Crippen LogP contribution is 2.44. The standard InChI is InChI=1S/C31H27N2O.C29H31N2O.C25H23N2O/c1-20-14-15-26-25-12-8-9-13-27(25)34-30(26)28(20)31-32(4)16-17-33(31)29-21(2)18-24(19-22(29)3)23-10-6-5-7-11-23;1-18(2)23-17-24-22-13-9-10-14-25(22)32-28(24)26(19(3)4)27(23)31-16-15-30(6)29(31)21-12-8-7-11-20(21)5;1-16-9-5-6-10-19(16)25-26(4)13-14-27(25)23-17(2)15-21-20-11-7-8-12-22(20)28-24(21)18(23)3/h5-19H,1-4H3;7-19H,1-6H3;5-15H,1-4H3/q3*+1. The van der Waals surface area contributed by atoms with Crippen molar-refractivity contribution in [2.24, 2.45) is 21.1 Å². The van der Waals surface area contributed by atoms with Gasteiger partial charge >= 0.3 is 0 Å². The Morgan fingerprint density at radius 2 is 0.766 bits per heavy atom. The Bertz CT molecular complexity index is 5560. The zero-order chi connectivity index (χ0) is 65.4. The summed E-state index contributed by atoms with van der Waals surface area (Å²) in [6.45, 7) is 24.4. The Morgan fingerprint density at radius 1 is 0.330 bits per heavy atom. The number of aryl methyl sites for hydroxylation is 10. The third-order valence-corrected chi connectivity index (χ3v) is 19.0. The quantitative estimate of drug-likeness (QED) is 0.135. The minimum absolute atomic E-state index is 0.309. The van der Waals surface area contributed by atoms with Gasteiger partial charge in [-0.15, -0.1) is 0 Å². The molecule has 0 saturated heterocycles. The summed E-state index contributed by atoms with van der Waals surface area (Å²) in [6, 6.07) is 66.2. The van der Waals surface area contributed by atoms with Gasteiger partial charge in [0.25, 0.3) is 17.5 Å². The summed E-state index contributed by atoms with van der Waals surface area (Å²) in [5.41, 5.74) is 26.7. The molecule has 0 aliphatic heterocycles. The molecule has 9 nitrogen and oxygen atoms in total. The van der Waals surface area contributed by atoms with Crippen LogP contribution in [0.5, 0.6) is 0 Å². The fourth-order valence-corrected chi connectivity index (χ4v) is 14.5. The van der Waals surface area contributed by atoms with Crippen molar-refractivity contribution in [1.82, 2.24) is 13.7 Å². The predicted molar refractivity (Wildman–Crippen MR) is 386 cm³/mol. The van der Waals surface area contributed by atoms with Gasteiger partial charge in [0, 0.05) is 49.0 Å². The van der Waals surface area contributed by atoms with Crippen LogP contribution in [0.3, 0.4) is 0 Å². The summed E-state index contributed by atoms with van der Waals surface area (Å²) >= 11 is 0. The average molecular weight is 1230 g/mol. The van der Waals surface area contributed by atoms with Gasteiger partial charge in [-0.3, -0.25) is 0 Å². The van der Waals surface area contributed by atoms with Gasteiger partial charge < -0.3 is 13.3 Å². The van der Waals surface area contributed by atoms with Crippen molar-refractivity contribution < 1.29 is 27.0 Å². The number of fused-ring (bicyclic) bond motifs is 9. The topological polar surface area (TPSA) is 65.8 Å². The Balaban J connectivity index is 0.000000122. The molecule has 16 aromatic rings. The van der Waals surface area contributed by atoms with Crippen LogP contribution in [0, 0.1) is 48.5 Å². The summed E-state index contributed by atoms with van der Waals surface area (Å²) < 4.78 is 32.8. The van der Waals surface area contributed by atoms with Crippen LogP contribution in [0.2, 0.25) is 0 Å². The number of furan rings is 3. The van der Waals surface area contributed by atoms with E-state index in [0.29, 0.717) is 11.8 Å². The third kappa shape index (κ3) is 10.4. The lowest BCUT2D eigenvalue weighted by molar-refractivity contribution is -0.659. The van der Waals surface area contributed by atoms with Gasteiger partial charge in [-0.05, 0) is 159 Å². The molecule has 9 heteroatoms. The maximum atomic E-state index is 6.50. The molecule has 0 bridgehead atoms. The van der Waals surface area contributed by atoms with Crippen molar-refractivity contribution >= 4 is 65.8 Å². The van der Waals surface area contributed by atoms with Gasteiger partial charge in [0.1, 0.15) is 87.7 Å². The minimum atomic E-state index is 0.309. The molecule has 94 heavy (non-hydrogen) atoms. The van der Waals surface area contributed by atoms with Gasteiger partial charge in [-0.1, -0.05) is 161 Å². The zero-order valence-corrected chi connectivity index (χ0v) is 56.4. The Morgan fingerprint density at radius 3 is 1.30 bits per heavy atom. The van der Waals surface area contributed by atoms with Gasteiger partial charge in [-0.2, -0.15) is 13.7 Å². The van der Waals surface area contributed by atoms with E-state index in [1.54, 1.807) is 0 Å². The number of rotatable bonds is 9. The predicted octanol–water partition coefficient (Wildman–Crippen LogP) is 20.7. The van der Waals surface area contributed by atoms with Crippen LogP contribution in [0.25, 0.3) is 128 Å². The van der Waals surface area contributed by atoms with Crippen LogP contribution >= 0.6 is 0 Å². The molecule has 6 aromatic heterocycles. The number of hydrogen-bond acceptors (Lipinski definition) is 3. The van der Waals surface area contributed by atoms with Crippen molar-refractivity contribution in [3.63, 3.8) is 0 Å². The van der Waals surface area contributed by atoms with Crippen LogP contribution in [-0.2, 0) is 21.1 Å². The van der Waals surface area contributed by atoms with E-state index in [-0.39, 0.29) is 0 Å². The van der Waals surface area contributed by atoms with E-state index >= 15 is 0 Å². The second kappa shape index (κ2) is 24.4. The molecule has 466 valence electrons. The Labute approximate surface area is 550 Å². The van der Waals surface area contributed by atoms with E-state index in [1.165, 1.54) is 117 Å². The van der Waals surface area contributed by atoms with Crippen molar-refractivity contribution in [1.29, 1.82) is 0 Å². The summed E-state index contributed by atoms with van der Waals surface area (Å²) in [6.07, 6.45) is 12.9. The monoisotopic (exact) mass is 1230 g/mol. The summed E-state index contributed by atoms with van der Waals surface area (Å²) in [5, 5.41) is 7.06.